The number of anilines is 1. The number of benzene rings is 2. The van der Waals surface area contributed by atoms with E-state index in [2.05, 4.69) is 15.3 Å². The van der Waals surface area contributed by atoms with E-state index in [9.17, 15) is 14.0 Å². The van der Waals surface area contributed by atoms with Gasteiger partial charge in [0, 0.05) is 37.3 Å². The Kier molecular flexibility index (Phi) is 7.07. The Hall–Kier alpha value is -3.61. The van der Waals surface area contributed by atoms with E-state index >= 15 is 0 Å². The van der Waals surface area contributed by atoms with Crippen LogP contribution in [0.5, 0.6) is 0 Å². The Morgan fingerprint density at radius 3 is 2.45 bits per heavy atom. The lowest BCUT2D eigenvalue weighted by atomic mass is 9.95. The first-order chi connectivity index (χ1) is 16.0. The molecule has 0 bridgehead atoms. The number of amides is 2. The lowest BCUT2D eigenvalue weighted by Gasteiger charge is -2.31. The molecule has 33 heavy (non-hydrogen) atoms. The van der Waals surface area contributed by atoms with Crippen LogP contribution in [0.3, 0.4) is 0 Å². The minimum atomic E-state index is -0.266. The normalized spacial score (nSPS) is 14.2. The van der Waals surface area contributed by atoms with Crippen molar-refractivity contribution in [2.45, 2.75) is 38.5 Å². The third-order valence-electron chi connectivity index (χ3n) is 6.05. The van der Waals surface area contributed by atoms with Gasteiger partial charge in [0.2, 0.25) is 5.91 Å². The fourth-order valence-corrected chi connectivity index (χ4v) is 4.11. The SMILES string of the molecule is Cc1nc(C2CCN(C(=O)CCc3ccccc3F)CC2)ncc1C(=O)Nc1ccccc1. The number of rotatable bonds is 6. The summed E-state index contributed by atoms with van der Waals surface area (Å²) in [6.07, 6.45) is 3.81. The Labute approximate surface area is 192 Å². The quantitative estimate of drug-likeness (QED) is 0.604. The summed E-state index contributed by atoms with van der Waals surface area (Å²) in [5.74, 6) is 0.396. The second-order valence-corrected chi connectivity index (χ2v) is 8.29. The maximum atomic E-state index is 13.8. The molecule has 1 saturated heterocycles. The summed E-state index contributed by atoms with van der Waals surface area (Å²) in [6.45, 7) is 3.06. The molecule has 0 saturated carbocycles. The topological polar surface area (TPSA) is 75.2 Å². The molecule has 2 amide bonds. The monoisotopic (exact) mass is 446 g/mol. The number of hydrogen-bond donors (Lipinski definition) is 1. The number of nitrogens with one attached hydrogen (secondary N) is 1. The van der Waals surface area contributed by atoms with Gasteiger partial charge in [-0.15, -0.1) is 0 Å². The highest BCUT2D eigenvalue weighted by Crippen LogP contribution is 2.26. The Bertz CT molecular complexity index is 1130. The molecule has 2 aromatic carbocycles. The molecule has 0 aliphatic carbocycles. The molecule has 1 N–H and O–H groups in total. The van der Waals surface area contributed by atoms with E-state index in [4.69, 9.17) is 0 Å². The highest BCUT2D eigenvalue weighted by Gasteiger charge is 2.26. The zero-order valence-corrected chi connectivity index (χ0v) is 18.6. The van der Waals surface area contributed by atoms with Crippen molar-refractivity contribution < 1.29 is 14.0 Å². The van der Waals surface area contributed by atoms with E-state index < -0.39 is 0 Å². The number of aromatic nitrogens is 2. The molecule has 6 nitrogen and oxygen atoms in total. The fourth-order valence-electron chi connectivity index (χ4n) is 4.11. The molecule has 7 heteroatoms. The molecule has 0 unspecified atom stereocenters. The van der Waals surface area contributed by atoms with Gasteiger partial charge in [-0.1, -0.05) is 36.4 Å². The number of likely N-dealkylation sites (tertiary alicyclic amines) is 1. The van der Waals surface area contributed by atoms with Crippen molar-refractivity contribution in [3.05, 3.63) is 89.3 Å². The van der Waals surface area contributed by atoms with Gasteiger partial charge in [-0.2, -0.15) is 0 Å². The molecule has 1 aliphatic rings. The number of nitrogens with zero attached hydrogens (tertiary/aromatic N) is 3. The maximum absolute atomic E-state index is 13.8. The van der Waals surface area contributed by atoms with Gasteiger partial charge in [0.05, 0.1) is 11.3 Å². The van der Waals surface area contributed by atoms with Crippen LogP contribution in [0.25, 0.3) is 0 Å². The number of piperidine rings is 1. The molecule has 0 atom stereocenters. The largest absolute Gasteiger partial charge is 0.343 e. The van der Waals surface area contributed by atoms with Gasteiger partial charge in [-0.3, -0.25) is 9.59 Å². The number of aryl methyl sites for hydroxylation is 2. The predicted molar refractivity (Wildman–Crippen MR) is 124 cm³/mol. The van der Waals surface area contributed by atoms with Gasteiger partial charge in [0.15, 0.2) is 0 Å². The van der Waals surface area contributed by atoms with Gasteiger partial charge in [-0.25, -0.2) is 14.4 Å². The summed E-state index contributed by atoms with van der Waals surface area (Å²) in [4.78, 5) is 36.0. The lowest BCUT2D eigenvalue weighted by Crippen LogP contribution is -2.38. The third-order valence-corrected chi connectivity index (χ3v) is 6.05. The van der Waals surface area contributed by atoms with Crippen LogP contribution in [0.2, 0.25) is 0 Å². The molecule has 0 radical (unpaired) electrons. The molecular weight excluding hydrogens is 419 g/mol. The van der Waals surface area contributed by atoms with Crippen molar-refractivity contribution in [1.29, 1.82) is 0 Å². The summed E-state index contributed by atoms with van der Waals surface area (Å²) in [5.41, 5.74) is 2.37. The molecule has 1 fully saturated rings. The number of para-hydroxylation sites is 1. The Morgan fingerprint density at radius 2 is 1.76 bits per heavy atom. The minimum absolute atomic E-state index is 0.0433. The first-order valence-electron chi connectivity index (χ1n) is 11.2. The summed E-state index contributed by atoms with van der Waals surface area (Å²) < 4.78 is 13.8. The smallest absolute Gasteiger partial charge is 0.259 e. The van der Waals surface area contributed by atoms with Crippen molar-refractivity contribution in [3.63, 3.8) is 0 Å². The Morgan fingerprint density at radius 1 is 1.06 bits per heavy atom. The van der Waals surface area contributed by atoms with Crippen LogP contribution in [0.15, 0.2) is 60.8 Å². The first kappa shape index (κ1) is 22.6. The molecule has 1 aliphatic heterocycles. The average molecular weight is 447 g/mol. The van der Waals surface area contributed by atoms with Crippen LogP contribution in [0, 0.1) is 12.7 Å². The van der Waals surface area contributed by atoms with E-state index in [0.717, 1.165) is 18.5 Å². The van der Waals surface area contributed by atoms with Crippen molar-refractivity contribution in [2.24, 2.45) is 0 Å². The zero-order valence-electron chi connectivity index (χ0n) is 18.6. The number of carbonyl (C=O) groups is 2. The molecule has 4 rings (SSSR count). The van der Waals surface area contributed by atoms with Crippen LogP contribution in [-0.2, 0) is 11.2 Å². The van der Waals surface area contributed by atoms with Crippen LogP contribution in [0.4, 0.5) is 10.1 Å². The zero-order chi connectivity index (χ0) is 23.2. The summed E-state index contributed by atoms with van der Waals surface area (Å²) in [5, 5.41) is 2.86. The molecule has 170 valence electrons. The van der Waals surface area contributed by atoms with Gasteiger partial charge < -0.3 is 10.2 Å². The number of halogens is 1. The van der Waals surface area contributed by atoms with Crippen molar-refractivity contribution in [2.75, 3.05) is 18.4 Å². The van der Waals surface area contributed by atoms with E-state index in [0.29, 0.717) is 48.6 Å². The van der Waals surface area contributed by atoms with Crippen LogP contribution >= 0.6 is 0 Å². The van der Waals surface area contributed by atoms with E-state index in [1.165, 1.54) is 6.07 Å². The van der Waals surface area contributed by atoms with Gasteiger partial charge in [0.1, 0.15) is 11.6 Å². The van der Waals surface area contributed by atoms with Crippen molar-refractivity contribution in [3.8, 4) is 0 Å². The summed E-state index contributed by atoms with van der Waals surface area (Å²) >= 11 is 0. The summed E-state index contributed by atoms with van der Waals surface area (Å²) in [6, 6.07) is 15.8. The highest BCUT2D eigenvalue weighted by molar-refractivity contribution is 6.04. The van der Waals surface area contributed by atoms with Crippen molar-refractivity contribution in [1.82, 2.24) is 14.9 Å². The molecule has 0 spiro atoms. The van der Waals surface area contributed by atoms with E-state index in [1.54, 1.807) is 24.4 Å². The predicted octanol–water partition coefficient (Wildman–Crippen LogP) is 4.52. The second-order valence-electron chi connectivity index (χ2n) is 8.29. The number of carbonyl (C=O) groups excluding carboxylic acids is 2. The average Bonchev–Trinajstić information content (AvgIpc) is 2.84. The van der Waals surface area contributed by atoms with Crippen LogP contribution < -0.4 is 5.32 Å². The van der Waals surface area contributed by atoms with Gasteiger partial charge >= 0.3 is 0 Å². The summed E-state index contributed by atoms with van der Waals surface area (Å²) in [7, 11) is 0. The third kappa shape index (κ3) is 5.61. The minimum Gasteiger partial charge on any atom is -0.343 e. The lowest BCUT2D eigenvalue weighted by molar-refractivity contribution is -0.132. The highest BCUT2D eigenvalue weighted by atomic mass is 19.1. The standard InChI is InChI=1S/C26H27FN4O2/c1-18-22(26(33)30-21-8-3-2-4-9-21)17-28-25(29-18)20-13-15-31(16-14-20)24(32)12-11-19-7-5-6-10-23(19)27/h2-10,17,20H,11-16H2,1H3,(H,30,33). The molecule has 2 heterocycles. The molecule has 3 aromatic rings. The van der Waals surface area contributed by atoms with Crippen LogP contribution in [0.1, 0.15) is 52.6 Å². The van der Waals surface area contributed by atoms with Gasteiger partial charge in [0.25, 0.3) is 5.91 Å². The molecule has 1 aromatic heterocycles. The first-order valence-corrected chi connectivity index (χ1v) is 11.2. The van der Waals surface area contributed by atoms with Crippen molar-refractivity contribution >= 4 is 17.5 Å². The fraction of sp³-hybridized carbons (Fsp3) is 0.308. The van der Waals surface area contributed by atoms with Gasteiger partial charge in [-0.05, 0) is 49.9 Å². The van der Waals surface area contributed by atoms with E-state index in [1.807, 2.05) is 42.2 Å². The maximum Gasteiger partial charge on any atom is 0.259 e. The van der Waals surface area contributed by atoms with Crippen LogP contribution in [-0.4, -0.2) is 39.8 Å². The number of hydrogen-bond acceptors (Lipinski definition) is 4. The Balaban J connectivity index is 1.31. The van der Waals surface area contributed by atoms with E-state index in [-0.39, 0.29) is 23.5 Å². The second kappa shape index (κ2) is 10.3. The molecular formula is C26H27FN4O2.